The summed E-state index contributed by atoms with van der Waals surface area (Å²) in [4.78, 5) is 10.1. The Morgan fingerprint density at radius 1 is 1.39 bits per heavy atom. The molecular weight excluding hydrogens is 254 g/mol. The van der Waals surface area contributed by atoms with Crippen molar-refractivity contribution >= 4 is 27.4 Å². The van der Waals surface area contributed by atoms with Gasteiger partial charge in [0.1, 0.15) is 11.6 Å². The first kappa shape index (κ1) is 12.9. The lowest BCUT2D eigenvalue weighted by molar-refractivity contribution is 0.586. The predicted molar refractivity (Wildman–Crippen MR) is 71.5 cm³/mol. The largest absolute Gasteiger partial charge is 0.370 e. The highest BCUT2D eigenvalue weighted by molar-refractivity contribution is 7.91. The van der Waals surface area contributed by atoms with Gasteiger partial charge in [-0.3, -0.25) is 0 Å². The van der Waals surface area contributed by atoms with Gasteiger partial charge in [0.2, 0.25) is 5.95 Å². The third-order valence-electron chi connectivity index (χ3n) is 2.76. The Morgan fingerprint density at radius 2 is 2.06 bits per heavy atom. The molecule has 2 heterocycles. The van der Waals surface area contributed by atoms with Crippen molar-refractivity contribution in [3.63, 3.8) is 0 Å². The second kappa shape index (κ2) is 4.97. The number of aromatic nitrogens is 2. The van der Waals surface area contributed by atoms with E-state index in [0.29, 0.717) is 24.7 Å². The van der Waals surface area contributed by atoms with Gasteiger partial charge in [0.25, 0.3) is 0 Å². The molecule has 1 aliphatic heterocycles. The van der Waals surface area contributed by atoms with E-state index in [4.69, 9.17) is 5.73 Å². The van der Waals surface area contributed by atoms with Crippen molar-refractivity contribution in [3.05, 3.63) is 6.07 Å². The number of nitrogen functional groups attached to an aromatic ring is 1. The highest BCUT2D eigenvalue weighted by atomic mass is 32.2. The van der Waals surface area contributed by atoms with Crippen LogP contribution in [-0.2, 0) is 9.84 Å². The zero-order valence-electron chi connectivity index (χ0n) is 10.3. The van der Waals surface area contributed by atoms with E-state index in [1.807, 2.05) is 11.8 Å². The van der Waals surface area contributed by atoms with Crippen molar-refractivity contribution in [3.8, 4) is 0 Å². The third-order valence-corrected chi connectivity index (χ3v) is 4.37. The molecule has 1 aromatic heterocycles. The molecule has 0 atom stereocenters. The van der Waals surface area contributed by atoms with Crippen LogP contribution in [0.15, 0.2) is 6.07 Å². The summed E-state index contributed by atoms with van der Waals surface area (Å²) in [6, 6.07) is 1.79. The molecule has 0 saturated carbocycles. The fourth-order valence-corrected chi connectivity index (χ4v) is 3.03. The third kappa shape index (κ3) is 3.00. The molecule has 0 radical (unpaired) electrons. The first-order valence-electron chi connectivity index (χ1n) is 5.84. The molecule has 3 N–H and O–H groups in total. The Kier molecular flexibility index (Phi) is 3.55. The van der Waals surface area contributed by atoms with Crippen LogP contribution in [0.5, 0.6) is 0 Å². The van der Waals surface area contributed by atoms with Crippen molar-refractivity contribution in [2.45, 2.75) is 6.92 Å². The fraction of sp³-hybridized carbons (Fsp3) is 0.600. The molecule has 0 amide bonds. The summed E-state index contributed by atoms with van der Waals surface area (Å²) >= 11 is 0. The van der Waals surface area contributed by atoms with Gasteiger partial charge < -0.3 is 16.0 Å². The van der Waals surface area contributed by atoms with E-state index in [0.717, 1.165) is 6.54 Å². The summed E-state index contributed by atoms with van der Waals surface area (Å²) in [6.07, 6.45) is 0. The normalized spacial score (nSPS) is 18.6. The summed E-state index contributed by atoms with van der Waals surface area (Å²) in [5, 5.41) is 3.07. The SMILES string of the molecule is CCNc1cc(N2CCS(=O)(=O)CC2)nc(N)n1. The van der Waals surface area contributed by atoms with Gasteiger partial charge in [-0.15, -0.1) is 0 Å². The molecule has 2 rings (SSSR count). The summed E-state index contributed by atoms with van der Waals surface area (Å²) in [5.74, 6) is 1.85. The number of nitrogens with zero attached hydrogens (tertiary/aromatic N) is 3. The highest BCUT2D eigenvalue weighted by Crippen LogP contribution is 2.19. The minimum absolute atomic E-state index is 0.160. The van der Waals surface area contributed by atoms with E-state index in [9.17, 15) is 8.42 Å². The molecule has 0 bridgehead atoms. The predicted octanol–water partition coefficient (Wildman–Crippen LogP) is -0.275. The van der Waals surface area contributed by atoms with Crippen molar-refractivity contribution < 1.29 is 8.42 Å². The van der Waals surface area contributed by atoms with Crippen LogP contribution in [0.3, 0.4) is 0 Å². The Bertz CT molecular complexity index is 517. The highest BCUT2D eigenvalue weighted by Gasteiger charge is 2.23. The zero-order chi connectivity index (χ0) is 13.2. The van der Waals surface area contributed by atoms with Gasteiger partial charge >= 0.3 is 0 Å². The first-order chi connectivity index (χ1) is 8.50. The van der Waals surface area contributed by atoms with Crippen molar-refractivity contribution in [1.29, 1.82) is 0 Å². The summed E-state index contributed by atoms with van der Waals surface area (Å²) in [6.45, 7) is 3.60. The minimum atomic E-state index is -2.89. The Balaban J connectivity index is 2.18. The fourth-order valence-electron chi connectivity index (χ4n) is 1.83. The van der Waals surface area contributed by atoms with Gasteiger partial charge in [0.05, 0.1) is 11.5 Å². The number of hydrogen-bond donors (Lipinski definition) is 2. The molecular formula is C10H17N5O2S. The van der Waals surface area contributed by atoms with Gasteiger partial charge in [-0.2, -0.15) is 9.97 Å². The lowest BCUT2D eigenvalue weighted by atomic mass is 10.4. The molecule has 0 unspecified atom stereocenters. The summed E-state index contributed by atoms with van der Waals surface area (Å²) in [7, 11) is -2.89. The van der Waals surface area contributed by atoms with Crippen molar-refractivity contribution in [1.82, 2.24) is 9.97 Å². The minimum Gasteiger partial charge on any atom is -0.370 e. The molecule has 0 spiro atoms. The molecule has 1 saturated heterocycles. The lowest BCUT2D eigenvalue weighted by Gasteiger charge is -2.27. The standard InChI is InChI=1S/C10H17N5O2S/c1-2-12-8-7-9(14-10(11)13-8)15-3-5-18(16,17)6-4-15/h7H,2-6H2,1H3,(H3,11,12,13,14). The van der Waals surface area contributed by atoms with Gasteiger partial charge in [0.15, 0.2) is 9.84 Å². The van der Waals surface area contributed by atoms with Crippen LogP contribution >= 0.6 is 0 Å². The molecule has 100 valence electrons. The van der Waals surface area contributed by atoms with Crippen LogP contribution in [0.4, 0.5) is 17.6 Å². The Morgan fingerprint density at radius 3 is 2.67 bits per heavy atom. The topological polar surface area (TPSA) is 101 Å². The summed E-state index contributed by atoms with van der Waals surface area (Å²) in [5.41, 5.74) is 5.64. The Hall–Kier alpha value is -1.57. The Labute approximate surface area is 106 Å². The number of nitrogens with one attached hydrogen (secondary N) is 1. The maximum atomic E-state index is 11.4. The molecule has 7 nitrogen and oxygen atoms in total. The smallest absolute Gasteiger partial charge is 0.223 e. The monoisotopic (exact) mass is 271 g/mol. The molecule has 8 heteroatoms. The van der Waals surface area contributed by atoms with Crippen molar-refractivity contribution in [2.75, 3.05) is 47.1 Å². The van der Waals surface area contributed by atoms with E-state index in [-0.39, 0.29) is 17.5 Å². The van der Waals surface area contributed by atoms with Crippen molar-refractivity contribution in [2.24, 2.45) is 0 Å². The molecule has 1 aliphatic rings. The van der Waals surface area contributed by atoms with E-state index in [1.54, 1.807) is 6.07 Å². The molecule has 0 aromatic carbocycles. The van der Waals surface area contributed by atoms with E-state index in [1.165, 1.54) is 0 Å². The van der Waals surface area contributed by atoms with Crippen LogP contribution in [0.25, 0.3) is 0 Å². The lowest BCUT2D eigenvalue weighted by Crippen LogP contribution is -2.40. The number of hydrogen-bond acceptors (Lipinski definition) is 7. The van der Waals surface area contributed by atoms with Gasteiger partial charge in [0, 0.05) is 25.7 Å². The second-order valence-corrected chi connectivity index (χ2v) is 6.44. The average molecular weight is 271 g/mol. The second-order valence-electron chi connectivity index (χ2n) is 4.14. The van der Waals surface area contributed by atoms with Gasteiger partial charge in [-0.1, -0.05) is 0 Å². The number of nitrogens with two attached hydrogens (primary N) is 1. The van der Waals surface area contributed by atoms with Crippen LogP contribution in [-0.4, -0.2) is 49.5 Å². The molecule has 0 aliphatic carbocycles. The van der Waals surface area contributed by atoms with Gasteiger partial charge in [-0.05, 0) is 6.92 Å². The van der Waals surface area contributed by atoms with Crippen LogP contribution in [0, 0.1) is 0 Å². The quantitative estimate of drug-likeness (QED) is 0.780. The molecule has 1 fully saturated rings. The molecule has 1 aromatic rings. The average Bonchev–Trinajstić information content (AvgIpc) is 2.28. The van der Waals surface area contributed by atoms with Crippen LogP contribution < -0.4 is 16.0 Å². The zero-order valence-corrected chi connectivity index (χ0v) is 11.1. The summed E-state index contributed by atoms with van der Waals surface area (Å²) < 4.78 is 22.7. The van der Waals surface area contributed by atoms with Crippen LogP contribution in [0.1, 0.15) is 6.92 Å². The van der Waals surface area contributed by atoms with Gasteiger partial charge in [-0.25, -0.2) is 8.42 Å². The van der Waals surface area contributed by atoms with E-state index >= 15 is 0 Å². The number of anilines is 3. The van der Waals surface area contributed by atoms with E-state index in [2.05, 4.69) is 15.3 Å². The number of rotatable bonds is 3. The van der Waals surface area contributed by atoms with Crippen LogP contribution in [0.2, 0.25) is 0 Å². The first-order valence-corrected chi connectivity index (χ1v) is 7.66. The number of sulfone groups is 1. The maximum Gasteiger partial charge on any atom is 0.223 e. The maximum absolute atomic E-state index is 11.4. The van der Waals surface area contributed by atoms with E-state index < -0.39 is 9.84 Å². The molecule has 18 heavy (non-hydrogen) atoms.